The van der Waals surface area contributed by atoms with E-state index in [1.165, 1.54) is 0 Å². The standard InChI is InChI=1S/C6H10N4O2/c1-5(7)4-6(11)12-3-2-9-10-8/h4H,2-3,7H2,1H3/b5-4-. The first-order valence-electron chi connectivity index (χ1n) is 3.28. The van der Waals surface area contributed by atoms with E-state index in [0.717, 1.165) is 6.08 Å². The first-order chi connectivity index (χ1) is 5.66. The lowest BCUT2D eigenvalue weighted by atomic mass is 10.4. The van der Waals surface area contributed by atoms with E-state index in [0.29, 0.717) is 5.70 Å². The Labute approximate surface area is 69.6 Å². The Morgan fingerprint density at radius 3 is 3.00 bits per heavy atom. The number of esters is 1. The molecule has 0 saturated heterocycles. The smallest absolute Gasteiger partial charge is 0.332 e. The molecule has 0 aromatic rings. The van der Waals surface area contributed by atoms with Crippen LogP contribution < -0.4 is 5.73 Å². The summed E-state index contributed by atoms with van der Waals surface area (Å²) in [6.45, 7) is 1.79. The topological polar surface area (TPSA) is 101 Å². The minimum atomic E-state index is -0.525. The third-order valence-electron chi connectivity index (χ3n) is 0.844. The average Bonchev–Trinajstić information content (AvgIpc) is 1.97. The molecule has 6 nitrogen and oxygen atoms in total. The van der Waals surface area contributed by atoms with Crippen LogP contribution in [0.25, 0.3) is 10.4 Å². The zero-order valence-corrected chi connectivity index (χ0v) is 6.73. The Kier molecular flexibility index (Phi) is 5.21. The van der Waals surface area contributed by atoms with Gasteiger partial charge in [-0.3, -0.25) is 0 Å². The fourth-order valence-electron chi connectivity index (χ4n) is 0.459. The van der Waals surface area contributed by atoms with E-state index in [4.69, 9.17) is 11.3 Å². The van der Waals surface area contributed by atoms with Crippen molar-refractivity contribution in [2.75, 3.05) is 13.2 Å². The van der Waals surface area contributed by atoms with Crippen LogP contribution in [-0.4, -0.2) is 19.1 Å². The van der Waals surface area contributed by atoms with Gasteiger partial charge < -0.3 is 10.5 Å². The number of hydrogen-bond donors (Lipinski definition) is 1. The number of ether oxygens (including phenoxy) is 1. The molecule has 0 aliphatic carbocycles. The highest BCUT2D eigenvalue weighted by atomic mass is 16.5. The lowest BCUT2D eigenvalue weighted by Crippen LogP contribution is -2.06. The van der Waals surface area contributed by atoms with Gasteiger partial charge in [0, 0.05) is 16.7 Å². The quantitative estimate of drug-likeness (QED) is 0.168. The van der Waals surface area contributed by atoms with Gasteiger partial charge in [-0.05, 0) is 12.5 Å². The number of nitrogens with zero attached hydrogens (tertiary/aromatic N) is 3. The zero-order valence-electron chi connectivity index (χ0n) is 6.73. The van der Waals surface area contributed by atoms with Gasteiger partial charge in [0.25, 0.3) is 0 Å². The summed E-state index contributed by atoms with van der Waals surface area (Å²) in [7, 11) is 0. The summed E-state index contributed by atoms with van der Waals surface area (Å²) >= 11 is 0. The van der Waals surface area contributed by atoms with Crippen molar-refractivity contribution in [2.24, 2.45) is 10.8 Å². The summed E-state index contributed by atoms with van der Waals surface area (Å²) < 4.78 is 4.59. The van der Waals surface area contributed by atoms with Gasteiger partial charge in [-0.25, -0.2) is 4.79 Å². The maximum absolute atomic E-state index is 10.7. The Balaban J connectivity index is 3.58. The van der Waals surface area contributed by atoms with E-state index in [9.17, 15) is 4.79 Å². The van der Waals surface area contributed by atoms with E-state index in [1.54, 1.807) is 6.92 Å². The summed E-state index contributed by atoms with van der Waals surface area (Å²) in [5.41, 5.74) is 13.4. The molecule has 0 fully saturated rings. The molecule has 12 heavy (non-hydrogen) atoms. The largest absolute Gasteiger partial charge is 0.462 e. The number of allylic oxidation sites excluding steroid dienone is 1. The highest BCUT2D eigenvalue weighted by molar-refractivity contribution is 5.82. The Bertz CT molecular complexity index is 226. The number of rotatable bonds is 4. The van der Waals surface area contributed by atoms with E-state index in [1.807, 2.05) is 0 Å². The predicted molar refractivity (Wildman–Crippen MR) is 42.9 cm³/mol. The lowest BCUT2D eigenvalue weighted by Gasteiger charge is -1.97. The van der Waals surface area contributed by atoms with Gasteiger partial charge >= 0.3 is 5.97 Å². The van der Waals surface area contributed by atoms with Crippen LogP contribution in [-0.2, 0) is 9.53 Å². The van der Waals surface area contributed by atoms with Gasteiger partial charge in [-0.15, -0.1) is 0 Å². The maximum atomic E-state index is 10.7. The van der Waals surface area contributed by atoms with Crippen molar-refractivity contribution in [3.05, 3.63) is 22.2 Å². The summed E-state index contributed by atoms with van der Waals surface area (Å²) in [5.74, 6) is -0.525. The number of nitrogens with two attached hydrogens (primary N) is 1. The summed E-state index contributed by atoms with van der Waals surface area (Å²) in [5, 5.41) is 3.17. The van der Waals surface area contributed by atoms with E-state index in [-0.39, 0.29) is 13.2 Å². The van der Waals surface area contributed by atoms with Crippen molar-refractivity contribution in [1.82, 2.24) is 0 Å². The van der Waals surface area contributed by atoms with Crippen LogP contribution in [0, 0.1) is 0 Å². The Morgan fingerprint density at radius 2 is 2.50 bits per heavy atom. The van der Waals surface area contributed by atoms with Gasteiger partial charge in [0.1, 0.15) is 0 Å². The Hall–Kier alpha value is -1.68. The minimum absolute atomic E-state index is 0.0761. The van der Waals surface area contributed by atoms with Crippen LogP contribution in [0.15, 0.2) is 16.9 Å². The fourth-order valence-corrected chi connectivity index (χ4v) is 0.459. The van der Waals surface area contributed by atoms with E-state index < -0.39 is 5.97 Å². The molecule has 0 saturated carbocycles. The Morgan fingerprint density at radius 1 is 1.83 bits per heavy atom. The molecule has 0 amide bonds. The van der Waals surface area contributed by atoms with E-state index in [2.05, 4.69) is 14.8 Å². The molecule has 6 heteroatoms. The van der Waals surface area contributed by atoms with Gasteiger partial charge in [-0.1, -0.05) is 5.11 Å². The monoisotopic (exact) mass is 170 g/mol. The fraction of sp³-hybridized carbons (Fsp3) is 0.500. The molecule has 0 spiro atoms. The van der Waals surface area contributed by atoms with Crippen molar-refractivity contribution >= 4 is 5.97 Å². The molecule has 0 rings (SSSR count). The van der Waals surface area contributed by atoms with Gasteiger partial charge in [-0.2, -0.15) is 0 Å². The number of carbonyl (C=O) groups excluding carboxylic acids is 1. The van der Waals surface area contributed by atoms with Crippen molar-refractivity contribution in [2.45, 2.75) is 6.92 Å². The molecule has 0 atom stereocenters. The predicted octanol–water partition coefficient (Wildman–Crippen LogP) is 0.702. The number of carbonyl (C=O) groups is 1. The lowest BCUT2D eigenvalue weighted by molar-refractivity contribution is -0.137. The van der Waals surface area contributed by atoms with Crippen molar-refractivity contribution < 1.29 is 9.53 Å². The summed E-state index contributed by atoms with van der Waals surface area (Å²) in [6, 6.07) is 0. The SMILES string of the molecule is C/C(N)=C/C(=O)OCCN=[N+]=[N-]. The normalized spacial score (nSPS) is 10.2. The van der Waals surface area contributed by atoms with Crippen molar-refractivity contribution in [1.29, 1.82) is 0 Å². The van der Waals surface area contributed by atoms with E-state index >= 15 is 0 Å². The first-order valence-corrected chi connectivity index (χ1v) is 3.28. The third kappa shape index (κ3) is 6.44. The van der Waals surface area contributed by atoms with Crippen LogP contribution in [0.3, 0.4) is 0 Å². The van der Waals surface area contributed by atoms with Gasteiger partial charge in [0.05, 0.1) is 13.2 Å². The van der Waals surface area contributed by atoms with Gasteiger partial charge in [0.2, 0.25) is 0 Å². The average molecular weight is 170 g/mol. The molecule has 0 aliphatic rings. The van der Waals surface area contributed by atoms with Crippen molar-refractivity contribution in [3.63, 3.8) is 0 Å². The maximum Gasteiger partial charge on any atom is 0.332 e. The second kappa shape index (κ2) is 6.06. The molecule has 0 aromatic heterocycles. The van der Waals surface area contributed by atoms with Crippen LogP contribution in [0.1, 0.15) is 6.92 Å². The number of azide groups is 1. The second-order valence-corrected chi connectivity index (χ2v) is 2.01. The summed E-state index contributed by atoms with van der Waals surface area (Å²) in [4.78, 5) is 13.2. The molecule has 0 aliphatic heterocycles. The molecule has 0 unspecified atom stereocenters. The van der Waals surface area contributed by atoms with Crippen LogP contribution >= 0.6 is 0 Å². The molecule has 2 N–H and O–H groups in total. The van der Waals surface area contributed by atoms with Crippen LogP contribution in [0.5, 0.6) is 0 Å². The van der Waals surface area contributed by atoms with Gasteiger partial charge in [0.15, 0.2) is 0 Å². The summed E-state index contributed by atoms with van der Waals surface area (Å²) in [6.07, 6.45) is 1.16. The molecule has 66 valence electrons. The van der Waals surface area contributed by atoms with Crippen LogP contribution in [0.4, 0.5) is 0 Å². The minimum Gasteiger partial charge on any atom is -0.462 e. The highest BCUT2D eigenvalue weighted by Gasteiger charge is 1.95. The first kappa shape index (κ1) is 10.3. The molecular formula is C6H10N4O2. The highest BCUT2D eigenvalue weighted by Crippen LogP contribution is 1.85. The molecule has 0 heterocycles. The zero-order chi connectivity index (χ0) is 9.40. The van der Waals surface area contributed by atoms with Crippen molar-refractivity contribution in [3.8, 4) is 0 Å². The van der Waals surface area contributed by atoms with Crippen LogP contribution in [0.2, 0.25) is 0 Å². The molecule has 0 bridgehead atoms. The molecular weight excluding hydrogens is 160 g/mol. The molecule has 0 radical (unpaired) electrons. The third-order valence-corrected chi connectivity index (χ3v) is 0.844. The number of hydrogen-bond acceptors (Lipinski definition) is 4. The second-order valence-electron chi connectivity index (χ2n) is 2.01. The molecule has 0 aromatic carbocycles.